The van der Waals surface area contributed by atoms with E-state index in [4.69, 9.17) is 9.47 Å². The first-order chi connectivity index (χ1) is 18.9. The fourth-order valence-electron chi connectivity index (χ4n) is 4.44. The largest absolute Gasteiger partial charge is 0.481 e. The number of aliphatic carboxylic acids is 1. The van der Waals surface area contributed by atoms with E-state index in [1.807, 2.05) is 41.9 Å². The molecule has 39 heavy (non-hydrogen) atoms. The van der Waals surface area contributed by atoms with Gasteiger partial charge < -0.3 is 29.7 Å². The number of benzene rings is 1. The Hall–Kier alpha value is -3.57. The Morgan fingerprint density at radius 1 is 1.03 bits per heavy atom. The molecule has 1 aliphatic heterocycles. The number of carboxylic acids is 1. The van der Waals surface area contributed by atoms with Crippen LogP contribution in [0.5, 0.6) is 11.5 Å². The number of nitrogens with one attached hydrogen (secondary N) is 1. The number of carboxylic acid groups (broad SMARTS) is 1. The fraction of sp³-hybridized carbons (Fsp3) is 0.393. The van der Waals surface area contributed by atoms with E-state index in [9.17, 15) is 19.5 Å². The first-order valence-electron chi connectivity index (χ1n) is 12.8. The van der Waals surface area contributed by atoms with Gasteiger partial charge in [-0.05, 0) is 47.0 Å². The molecular formula is C28H33N3O6S2. The van der Waals surface area contributed by atoms with Crippen molar-refractivity contribution in [3.8, 4) is 11.5 Å². The van der Waals surface area contributed by atoms with Crippen molar-refractivity contribution in [3.05, 3.63) is 68.5 Å². The molecule has 4 rings (SSSR count). The number of carbonyl (C=O) groups is 3. The summed E-state index contributed by atoms with van der Waals surface area (Å²) in [4.78, 5) is 44.4. The highest BCUT2D eigenvalue weighted by molar-refractivity contribution is 7.10. The maximum atomic E-state index is 13.9. The van der Waals surface area contributed by atoms with Gasteiger partial charge in [0.05, 0.1) is 25.6 Å². The lowest BCUT2D eigenvalue weighted by Gasteiger charge is -2.32. The van der Waals surface area contributed by atoms with Gasteiger partial charge in [-0.3, -0.25) is 9.59 Å². The zero-order valence-corrected chi connectivity index (χ0v) is 23.6. The second-order valence-corrected chi connectivity index (χ2v) is 11.4. The third-order valence-electron chi connectivity index (χ3n) is 6.54. The number of ether oxygens (including phenoxy) is 2. The summed E-state index contributed by atoms with van der Waals surface area (Å²) < 4.78 is 10.8. The van der Waals surface area contributed by atoms with Crippen molar-refractivity contribution in [2.45, 2.75) is 57.8 Å². The molecule has 2 N–H and O–H groups in total. The van der Waals surface area contributed by atoms with Crippen molar-refractivity contribution in [3.63, 3.8) is 0 Å². The van der Waals surface area contributed by atoms with E-state index >= 15 is 0 Å². The van der Waals surface area contributed by atoms with Crippen LogP contribution in [0.2, 0.25) is 0 Å². The maximum Gasteiger partial charge on any atom is 0.318 e. The lowest BCUT2D eigenvalue weighted by Crippen LogP contribution is -2.51. The van der Waals surface area contributed by atoms with Crippen molar-refractivity contribution >= 4 is 40.6 Å². The lowest BCUT2D eigenvalue weighted by atomic mass is 10.0. The van der Waals surface area contributed by atoms with Crippen molar-refractivity contribution in [2.75, 3.05) is 13.8 Å². The minimum Gasteiger partial charge on any atom is -0.481 e. The minimum absolute atomic E-state index is 0.0906. The molecule has 0 bridgehead atoms. The Morgan fingerprint density at radius 2 is 1.69 bits per heavy atom. The molecule has 1 aliphatic rings. The van der Waals surface area contributed by atoms with Crippen molar-refractivity contribution in [1.82, 2.24) is 15.1 Å². The number of urea groups is 1. The molecule has 1 aromatic carbocycles. The summed E-state index contributed by atoms with van der Waals surface area (Å²) in [5.74, 6) is -0.133. The third kappa shape index (κ3) is 7.51. The maximum absolute atomic E-state index is 13.9. The number of fused-ring (bicyclic) bond motifs is 1. The summed E-state index contributed by atoms with van der Waals surface area (Å²) in [6, 6.07) is 11.0. The Balaban J connectivity index is 1.54. The molecule has 0 aliphatic carbocycles. The van der Waals surface area contributed by atoms with Gasteiger partial charge in [0, 0.05) is 16.8 Å². The van der Waals surface area contributed by atoms with Crippen LogP contribution in [-0.2, 0) is 22.7 Å². The number of hydrogen-bond donors (Lipinski definition) is 2. The number of hydrogen-bond acceptors (Lipinski definition) is 7. The third-order valence-corrected chi connectivity index (χ3v) is 8.27. The molecule has 3 heterocycles. The number of carbonyl (C=O) groups excluding carboxylic acids is 2. The van der Waals surface area contributed by atoms with Crippen LogP contribution in [-0.4, -0.2) is 52.7 Å². The normalized spacial score (nSPS) is 13.5. The molecule has 0 spiro atoms. The Bertz CT molecular complexity index is 1210. The Morgan fingerprint density at radius 3 is 2.28 bits per heavy atom. The summed E-state index contributed by atoms with van der Waals surface area (Å²) in [6.07, 6.45) is 1.80. The quantitative estimate of drug-likeness (QED) is 0.281. The summed E-state index contributed by atoms with van der Waals surface area (Å²) in [6.45, 7) is 3.02. The predicted molar refractivity (Wildman–Crippen MR) is 150 cm³/mol. The highest BCUT2D eigenvalue weighted by Crippen LogP contribution is 2.36. The van der Waals surface area contributed by atoms with Gasteiger partial charge in [-0.15, -0.1) is 22.7 Å². The van der Waals surface area contributed by atoms with Crippen LogP contribution in [0.4, 0.5) is 4.79 Å². The van der Waals surface area contributed by atoms with E-state index in [-0.39, 0.29) is 19.1 Å². The molecule has 0 radical (unpaired) electrons. The summed E-state index contributed by atoms with van der Waals surface area (Å²) >= 11 is 3.17. The van der Waals surface area contributed by atoms with E-state index < -0.39 is 24.1 Å². The average molecular weight is 572 g/mol. The van der Waals surface area contributed by atoms with Crippen molar-refractivity contribution in [1.29, 1.82) is 0 Å². The second-order valence-electron chi connectivity index (χ2n) is 9.33. The SMILES string of the molecule is CCCC[C@H](NC(=O)N(C)[C@@H](CC(=O)O)c1ccc2c(c1)OCO2)C(=O)N(Cc1cccs1)Cc1cccs1. The minimum atomic E-state index is -1.05. The van der Waals surface area contributed by atoms with Crippen LogP contribution >= 0.6 is 22.7 Å². The van der Waals surface area contributed by atoms with Crippen LogP contribution in [0, 0.1) is 0 Å². The molecule has 0 fully saturated rings. The molecule has 0 saturated carbocycles. The van der Waals surface area contributed by atoms with Crippen LogP contribution in [0.1, 0.15) is 54.0 Å². The summed E-state index contributed by atoms with van der Waals surface area (Å²) in [7, 11) is 1.55. The Kier molecular flexibility index (Phi) is 9.83. The van der Waals surface area contributed by atoms with Gasteiger partial charge in [0.15, 0.2) is 11.5 Å². The van der Waals surface area contributed by atoms with E-state index in [1.54, 1.807) is 52.8 Å². The first kappa shape index (κ1) is 28.4. The van der Waals surface area contributed by atoms with Gasteiger partial charge in [0.25, 0.3) is 0 Å². The number of nitrogens with zero attached hydrogens (tertiary/aromatic N) is 2. The zero-order chi connectivity index (χ0) is 27.8. The molecule has 2 atom stereocenters. The van der Waals surface area contributed by atoms with Gasteiger partial charge in [-0.25, -0.2) is 4.79 Å². The molecule has 3 aromatic rings. The lowest BCUT2D eigenvalue weighted by molar-refractivity contribution is -0.138. The standard InChI is InChI=1S/C28H33N3O6S2/c1-3-4-9-22(27(34)31(16-20-7-5-12-38-20)17-21-8-6-13-39-21)29-28(35)30(2)23(15-26(32)33)19-10-11-24-25(14-19)37-18-36-24/h5-8,10-14,22-23H,3-4,9,15-18H2,1-2H3,(H,29,35)(H,32,33)/t22-,23-/m0/s1. The van der Waals surface area contributed by atoms with E-state index in [2.05, 4.69) is 5.32 Å². The average Bonchev–Trinajstić information content (AvgIpc) is 3.71. The second kappa shape index (κ2) is 13.5. The Labute approximate surface area is 236 Å². The highest BCUT2D eigenvalue weighted by atomic mass is 32.1. The molecule has 208 valence electrons. The molecule has 0 unspecified atom stereocenters. The highest BCUT2D eigenvalue weighted by Gasteiger charge is 2.31. The predicted octanol–water partition coefficient (Wildman–Crippen LogP) is 5.48. The monoisotopic (exact) mass is 571 g/mol. The van der Waals surface area contributed by atoms with Crippen LogP contribution in [0.15, 0.2) is 53.2 Å². The fourth-order valence-corrected chi connectivity index (χ4v) is 5.87. The number of rotatable bonds is 13. The zero-order valence-electron chi connectivity index (χ0n) is 22.0. The van der Waals surface area contributed by atoms with E-state index in [1.165, 1.54) is 4.90 Å². The molecular weight excluding hydrogens is 538 g/mol. The van der Waals surface area contributed by atoms with Gasteiger partial charge in [0.1, 0.15) is 6.04 Å². The van der Waals surface area contributed by atoms with Gasteiger partial charge in [-0.2, -0.15) is 0 Å². The van der Waals surface area contributed by atoms with Crippen LogP contribution in [0.25, 0.3) is 0 Å². The number of amides is 3. The van der Waals surface area contributed by atoms with Gasteiger partial charge in [0.2, 0.25) is 12.7 Å². The van der Waals surface area contributed by atoms with E-state index in [0.717, 1.165) is 22.6 Å². The first-order valence-corrected chi connectivity index (χ1v) is 14.6. The van der Waals surface area contributed by atoms with Crippen LogP contribution < -0.4 is 14.8 Å². The van der Waals surface area contributed by atoms with Crippen LogP contribution in [0.3, 0.4) is 0 Å². The summed E-state index contributed by atoms with van der Waals surface area (Å²) in [5, 5.41) is 16.5. The molecule has 2 aromatic heterocycles. The van der Waals surface area contributed by atoms with Crippen molar-refractivity contribution < 1.29 is 29.0 Å². The number of thiophene rings is 2. The molecule has 11 heteroatoms. The molecule has 3 amide bonds. The van der Waals surface area contributed by atoms with Gasteiger partial charge >= 0.3 is 12.0 Å². The molecule has 9 nitrogen and oxygen atoms in total. The smallest absolute Gasteiger partial charge is 0.318 e. The van der Waals surface area contributed by atoms with E-state index in [0.29, 0.717) is 36.6 Å². The molecule has 0 saturated heterocycles. The summed E-state index contributed by atoms with van der Waals surface area (Å²) in [5.41, 5.74) is 0.604. The van der Waals surface area contributed by atoms with Crippen molar-refractivity contribution in [2.24, 2.45) is 0 Å². The topological polar surface area (TPSA) is 108 Å². The van der Waals surface area contributed by atoms with Gasteiger partial charge in [-0.1, -0.05) is 38.0 Å². The number of unbranched alkanes of at least 4 members (excludes halogenated alkanes) is 1.